The van der Waals surface area contributed by atoms with Gasteiger partial charge in [0, 0.05) is 12.8 Å². The molecule has 2 rings (SSSR count). The summed E-state index contributed by atoms with van der Waals surface area (Å²) in [7, 11) is 1.54. The van der Waals surface area contributed by atoms with Crippen LogP contribution < -0.4 is 4.74 Å². The second-order valence-corrected chi connectivity index (χ2v) is 5.53. The van der Waals surface area contributed by atoms with Gasteiger partial charge in [-0.1, -0.05) is 24.1 Å². The summed E-state index contributed by atoms with van der Waals surface area (Å²) < 4.78 is 10.3. The highest BCUT2D eigenvalue weighted by molar-refractivity contribution is 6.32. The molecular formula is C15H19ClO4. The van der Waals surface area contributed by atoms with Crippen molar-refractivity contribution in [1.29, 1.82) is 0 Å². The largest absolute Gasteiger partial charge is 0.495 e. The van der Waals surface area contributed by atoms with E-state index in [-0.39, 0.29) is 6.42 Å². The van der Waals surface area contributed by atoms with Gasteiger partial charge in [0.2, 0.25) is 5.79 Å². The number of esters is 1. The topological polar surface area (TPSA) is 55.8 Å². The van der Waals surface area contributed by atoms with Crippen molar-refractivity contribution >= 4 is 17.6 Å². The molecule has 1 N–H and O–H groups in total. The average Bonchev–Trinajstić information content (AvgIpc) is 2.39. The van der Waals surface area contributed by atoms with Crippen LogP contribution in [0.1, 0.15) is 37.7 Å². The van der Waals surface area contributed by atoms with Gasteiger partial charge in [-0.3, -0.25) is 4.79 Å². The smallest absolute Gasteiger partial charge is 0.312 e. The van der Waals surface area contributed by atoms with Crippen molar-refractivity contribution < 1.29 is 19.4 Å². The highest BCUT2D eigenvalue weighted by Gasteiger charge is 2.33. The first kappa shape index (κ1) is 15.1. The maximum absolute atomic E-state index is 11.9. The number of ether oxygens (including phenoxy) is 2. The van der Waals surface area contributed by atoms with Crippen LogP contribution in [0.25, 0.3) is 0 Å². The van der Waals surface area contributed by atoms with E-state index in [4.69, 9.17) is 21.1 Å². The van der Waals surface area contributed by atoms with Crippen LogP contribution in [0.3, 0.4) is 0 Å². The van der Waals surface area contributed by atoms with Crippen LogP contribution in [-0.2, 0) is 16.0 Å². The normalized spacial score (nSPS) is 17.6. The minimum absolute atomic E-state index is 0.0893. The molecule has 20 heavy (non-hydrogen) atoms. The Morgan fingerprint density at radius 3 is 2.65 bits per heavy atom. The zero-order chi connectivity index (χ0) is 14.6. The summed E-state index contributed by atoms with van der Waals surface area (Å²) in [6, 6.07) is 5.14. The van der Waals surface area contributed by atoms with Crippen molar-refractivity contribution in [2.24, 2.45) is 0 Å². The fraction of sp³-hybridized carbons (Fsp3) is 0.533. The standard InChI is InChI=1S/C15H19ClO4/c1-19-13-6-5-11(9-12(13)16)10-14(17)20-15(18)7-3-2-4-8-15/h5-6,9,18H,2-4,7-8,10H2,1H3. The summed E-state index contributed by atoms with van der Waals surface area (Å²) in [5.41, 5.74) is 0.736. The predicted octanol–water partition coefficient (Wildman–Crippen LogP) is 3.09. The van der Waals surface area contributed by atoms with Crippen LogP contribution in [0.15, 0.2) is 18.2 Å². The van der Waals surface area contributed by atoms with Crippen molar-refractivity contribution in [2.45, 2.75) is 44.3 Å². The molecule has 1 aromatic carbocycles. The number of carbonyl (C=O) groups excluding carboxylic acids is 1. The Morgan fingerprint density at radius 1 is 1.35 bits per heavy atom. The first-order chi connectivity index (χ1) is 9.52. The van der Waals surface area contributed by atoms with Gasteiger partial charge < -0.3 is 14.6 Å². The maximum Gasteiger partial charge on any atom is 0.312 e. The number of rotatable bonds is 4. The molecule has 0 heterocycles. The van der Waals surface area contributed by atoms with E-state index < -0.39 is 11.8 Å². The van der Waals surface area contributed by atoms with Gasteiger partial charge in [0.05, 0.1) is 18.6 Å². The molecular weight excluding hydrogens is 280 g/mol. The summed E-state index contributed by atoms with van der Waals surface area (Å²) in [4.78, 5) is 11.9. The molecule has 0 saturated heterocycles. The zero-order valence-corrected chi connectivity index (χ0v) is 12.3. The van der Waals surface area contributed by atoms with Crippen molar-refractivity contribution in [3.8, 4) is 5.75 Å². The van der Waals surface area contributed by atoms with E-state index in [0.717, 1.165) is 24.8 Å². The number of benzene rings is 1. The van der Waals surface area contributed by atoms with Crippen molar-refractivity contribution in [1.82, 2.24) is 0 Å². The fourth-order valence-electron chi connectivity index (χ4n) is 2.44. The molecule has 0 radical (unpaired) electrons. The Kier molecular flexibility index (Phi) is 4.89. The van der Waals surface area contributed by atoms with E-state index in [1.165, 1.54) is 7.11 Å². The summed E-state index contributed by atoms with van der Waals surface area (Å²) in [6.45, 7) is 0. The summed E-state index contributed by atoms with van der Waals surface area (Å²) in [6.07, 6.45) is 3.97. The number of carbonyl (C=O) groups is 1. The Hall–Kier alpha value is -1.26. The third-order valence-corrected chi connectivity index (χ3v) is 3.80. The first-order valence-corrected chi connectivity index (χ1v) is 7.17. The van der Waals surface area contributed by atoms with Crippen LogP contribution in [0.5, 0.6) is 5.75 Å². The van der Waals surface area contributed by atoms with Crippen LogP contribution in [0.2, 0.25) is 5.02 Å². The first-order valence-electron chi connectivity index (χ1n) is 6.79. The van der Waals surface area contributed by atoms with Crippen LogP contribution in [0, 0.1) is 0 Å². The minimum Gasteiger partial charge on any atom is -0.495 e. The summed E-state index contributed by atoms with van der Waals surface area (Å²) >= 11 is 6.01. The van der Waals surface area contributed by atoms with Gasteiger partial charge in [-0.05, 0) is 30.5 Å². The quantitative estimate of drug-likeness (QED) is 0.685. The van der Waals surface area contributed by atoms with Crippen molar-refractivity contribution in [3.05, 3.63) is 28.8 Å². The number of hydrogen-bond acceptors (Lipinski definition) is 4. The maximum atomic E-state index is 11.9. The van der Waals surface area contributed by atoms with Crippen molar-refractivity contribution in [2.75, 3.05) is 7.11 Å². The number of aliphatic hydroxyl groups is 1. The van der Waals surface area contributed by atoms with Crippen LogP contribution >= 0.6 is 11.6 Å². The average molecular weight is 299 g/mol. The van der Waals surface area contributed by atoms with Gasteiger partial charge >= 0.3 is 5.97 Å². The molecule has 110 valence electrons. The Balaban J connectivity index is 1.95. The van der Waals surface area contributed by atoms with Crippen molar-refractivity contribution in [3.63, 3.8) is 0 Å². The molecule has 0 bridgehead atoms. The lowest BCUT2D eigenvalue weighted by molar-refractivity contribution is -0.219. The fourth-order valence-corrected chi connectivity index (χ4v) is 2.72. The molecule has 5 heteroatoms. The highest BCUT2D eigenvalue weighted by atomic mass is 35.5. The lowest BCUT2D eigenvalue weighted by Crippen LogP contribution is -2.37. The number of hydrogen-bond donors (Lipinski definition) is 1. The molecule has 1 aliphatic carbocycles. The molecule has 0 aromatic heterocycles. The Morgan fingerprint density at radius 2 is 2.05 bits per heavy atom. The van der Waals surface area contributed by atoms with E-state index in [2.05, 4.69) is 0 Å². The van der Waals surface area contributed by atoms with E-state index in [1.807, 2.05) is 0 Å². The molecule has 1 aliphatic rings. The summed E-state index contributed by atoms with van der Waals surface area (Å²) in [5, 5.41) is 10.6. The Labute approximate surface area is 123 Å². The second-order valence-electron chi connectivity index (χ2n) is 5.13. The minimum atomic E-state index is -1.29. The van der Waals surface area contributed by atoms with Gasteiger partial charge in [0.1, 0.15) is 5.75 Å². The molecule has 0 unspecified atom stereocenters. The van der Waals surface area contributed by atoms with Gasteiger partial charge in [0.25, 0.3) is 0 Å². The van der Waals surface area contributed by atoms with Gasteiger partial charge in [-0.25, -0.2) is 0 Å². The van der Waals surface area contributed by atoms with E-state index in [9.17, 15) is 9.90 Å². The number of halogens is 1. The van der Waals surface area contributed by atoms with Gasteiger partial charge in [-0.2, -0.15) is 0 Å². The Bertz CT molecular complexity index is 481. The number of methoxy groups -OCH3 is 1. The predicted molar refractivity (Wildman–Crippen MR) is 75.8 cm³/mol. The molecule has 0 aliphatic heterocycles. The van der Waals surface area contributed by atoms with E-state index in [0.29, 0.717) is 23.6 Å². The summed E-state index contributed by atoms with van der Waals surface area (Å²) in [5.74, 6) is -1.16. The molecule has 4 nitrogen and oxygen atoms in total. The SMILES string of the molecule is COc1ccc(CC(=O)OC2(O)CCCCC2)cc1Cl. The lowest BCUT2D eigenvalue weighted by atomic mass is 9.94. The zero-order valence-electron chi connectivity index (χ0n) is 11.5. The highest BCUT2D eigenvalue weighted by Crippen LogP contribution is 2.30. The van der Waals surface area contributed by atoms with Gasteiger partial charge in [0.15, 0.2) is 0 Å². The molecule has 1 saturated carbocycles. The molecule has 1 aromatic rings. The van der Waals surface area contributed by atoms with E-state index in [1.54, 1.807) is 18.2 Å². The van der Waals surface area contributed by atoms with E-state index >= 15 is 0 Å². The van der Waals surface area contributed by atoms with Gasteiger partial charge in [-0.15, -0.1) is 0 Å². The monoisotopic (exact) mass is 298 g/mol. The van der Waals surface area contributed by atoms with Crippen LogP contribution in [-0.4, -0.2) is 24.0 Å². The molecule has 0 spiro atoms. The lowest BCUT2D eigenvalue weighted by Gasteiger charge is -2.31. The second kappa shape index (κ2) is 6.46. The third-order valence-electron chi connectivity index (χ3n) is 3.50. The molecule has 0 atom stereocenters. The molecule has 1 fully saturated rings. The van der Waals surface area contributed by atoms with Crippen LogP contribution in [0.4, 0.5) is 0 Å². The third kappa shape index (κ3) is 3.87. The molecule has 0 amide bonds.